The van der Waals surface area contributed by atoms with Gasteiger partial charge in [-0.05, 0) is 81.7 Å². The molecular formula is C55H48O2Si. The molecule has 0 spiro atoms. The summed E-state index contributed by atoms with van der Waals surface area (Å²) < 4.78 is 12.4. The monoisotopic (exact) mass is 768 g/mol. The first kappa shape index (κ1) is 35.3. The van der Waals surface area contributed by atoms with Crippen molar-refractivity contribution in [1.82, 2.24) is 0 Å². The predicted molar refractivity (Wildman–Crippen MR) is 247 cm³/mol. The molecule has 0 amide bonds. The van der Waals surface area contributed by atoms with Gasteiger partial charge in [0.2, 0.25) is 0 Å². The number of hydrogen-bond donors (Lipinski definition) is 0. The van der Waals surface area contributed by atoms with Crippen molar-refractivity contribution in [2.24, 2.45) is 5.92 Å². The van der Waals surface area contributed by atoms with Gasteiger partial charge < -0.3 is 9.47 Å². The summed E-state index contributed by atoms with van der Waals surface area (Å²) in [7, 11) is 1.85. The number of benzene rings is 6. The summed E-state index contributed by atoms with van der Waals surface area (Å²) in [5.74, 6) is 2.65. The summed E-state index contributed by atoms with van der Waals surface area (Å²) in [6.45, 7) is 4.97. The van der Waals surface area contributed by atoms with Crippen LogP contribution in [-0.2, 0) is 0 Å². The van der Waals surface area contributed by atoms with Gasteiger partial charge in [0.05, 0.1) is 14.2 Å². The molecular weight excluding hydrogens is 721 g/mol. The molecule has 2 nitrogen and oxygen atoms in total. The van der Waals surface area contributed by atoms with Gasteiger partial charge in [-0.3, -0.25) is 0 Å². The summed E-state index contributed by atoms with van der Waals surface area (Å²) in [6, 6.07) is 37.0. The van der Waals surface area contributed by atoms with Crippen LogP contribution in [0.3, 0.4) is 0 Å². The fourth-order valence-corrected chi connectivity index (χ4v) is 16.3. The maximum atomic E-state index is 6.19. The van der Waals surface area contributed by atoms with E-state index in [1.165, 1.54) is 78.7 Å². The Morgan fingerprint density at radius 3 is 1.50 bits per heavy atom. The Hall–Kier alpha value is -5.90. The molecule has 58 heavy (non-hydrogen) atoms. The third-order valence-electron chi connectivity index (χ3n) is 14.1. The van der Waals surface area contributed by atoms with Gasteiger partial charge in [-0.1, -0.05) is 180 Å². The number of ether oxygens (including phenoxy) is 2. The van der Waals surface area contributed by atoms with Gasteiger partial charge in [-0.15, -0.1) is 0 Å². The van der Waals surface area contributed by atoms with E-state index in [9.17, 15) is 0 Å². The average molecular weight is 769 g/mol. The van der Waals surface area contributed by atoms with Crippen molar-refractivity contribution in [3.63, 3.8) is 0 Å². The molecule has 11 rings (SSSR count). The lowest BCUT2D eigenvalue weighted by atomic mass is 9.81. The topological polar surface area (TPSA) is 18.5 Å². The fraction of sp³-hybridized carbons (Fsp3) is 0.200. The second-order valence-corrected chi connectivity index (χ2v) is 19.7. The highest BCUT2D eigenvalue weighted by Gasteiger charge is 2.44. The fourth-order valence-electron chi connectivity index (χ4n) is 11.9. The zero-order valence-electron chi connectivity index (χ0n) is 33.8. The minimum Gasteiger partial charge on any atom is -0.495 e. The number of fused-ring (bicyclic) bond motifs is 7. The van der Waals surface area contributed by atoms with Crippen LogP contribution >= 0.6 is 0 Å². The van der Waals surface area contributed by atoms with Gasteiger partial charge in [0.1, 0.15) is 20.3 Å². The van der Waals surface area contributed by atoms with Crippen LogP contribution in [0.2, 0.25) is 6.04 Å². The van der Waals surface area contributed by atoms with Gasteiger partial charge >= 0.3 is 0 Å². The first-order valence-corrected chi connectivity index (χ1v) is 23.1. The molecule has 6 aromatic carbocycles. The van der Waals surface area contributed by atoms with Gasteiger partial charge in [0.15, 0.2) is 0 Å². The van der Waals surface area contributed by atoms with Crippen LogP contribution < -0.4 is 9.47 Å². The molecule has 0 fully saturated rings. The summed E-state index contributed by atoms with van der Waals surface area (Å²) in [5, 5.41) is 13.3. The number of methoxy groups -OCH3 is 2. The lowest BCUT2D eigenvalue weighted by Crippen LogP contribution is -2.26. The SMILES string of the molecule is COc1c2ccccc2c(C2C=CC=CC3=C2C([SiH]2CCCC4C(C)=C2C2=C4C=CC=CC2c2c4ccccc4c(OC)c4ccccc24)=C(C)C3)c2ccccc12. The molecule has 4 aliphatic carbocycles. The zero-order valence-corrected chi connectivity index (χ0v) is 35.0. The quantitative estimate of drug-likeness (QED) is 0.128. The van der Waals surface area contributed by atoms with Crippen LogP contribution in [0.5, 0.6) is 11.5 Å². The maximum Gasteiger partial charge on any atom is 0.134 e. The van der Waals surface area contributed by atoms with Crippen LogP contribution in [0.1, 0.15) is 56.1 Å². The van der Waals surface area contributed by atoms with Gasteiger partial charge in [-0.2, -0.15) is 0 Å². The molecule has 4 atom stereocenters. The Morgan fingerprint density at radius 1 is 0.534 bits per heavy atom. The number of hydrogen-bond acceptors (Lipinski definition) is 2. The highest BCUT2D eigenvalue weighted by Crippen LogP contribution is 2.57. The Bertz CT molecular complexity index is 2900. The van der Waals surface area contributed by atoms with Crippen molar-refractivity contribution < 1.29 is 9.47 Å². The third-order valence-corrected chi connectivity index (χ3v) is 18.0. The van der Waals surface area contributed by atoms with E-state index in [0.717, 1.165) is 17.9 Å². The lowest BCUT2D eigenvalue weighted by Gasteiger charge is -2.32. The van der Waals surface area contributed by atoms with Crippen molar-refractivity contribution in [3.05, 3.63) is 201 Å². The van der Waals surface area contributed by atoms with Crippen LogP contribution in [0, 0.1) is 5.92 Å². The van der Waals surface area contributed by atoms with E-state index in [1.54, 1.807) is 38.3 Å². The number of allylic oxidation sites excluding steroid dienone is 16. The molecule has 0 N–H and O–H groups in total. The van der Waals surface area contributed by atoms with E-state index >= 15 is 0 Å². The molecule has 0 radical (unpaired) electrons. The molecule has 284 valence electrons. The smallest absolute Gasteiger partial charge is 0.134 e. The zero-order chi connectivity index (χ0) is 39.1. The van der Waals surface area contributed by atoms with E-state index < -0.39 is 8.80 Å². The first-order valence-electron chi connectivity index (χ1n) is 21.1. The average Bonchev–Trinajstić information content (AvgIpc) is 3.42. The van der Waals surface area contributed by atoms with E-state index in [4.69, 9.17) is 9.47 Å². The van der Waals surface area contributed by atoms with Gasteiger partial charge in [0.25, 0.3) is 0 Å². The van der Waals surface area contributed by atoms with Crippen molar-refractivity contribution in [2.45, 2.75) is 51.0 Å². The molecule has 4 unspecified atom stereocenters. The molecule has 0 saturated heterocycles. The van der Waals surface area contributed by atoms with Crippen LogP contribution in [0.15, 0.2) is 190 Å². The minimum atomic E-state index is -1.79. The predicted octanol–water partition coefficient (Wildman–Crippen LogP) is 13.8. The molecule has 0 saturated carbocycles. The second kappa shape index (κ2) is 13.9. The van der Waals surface area contributed by atoms with Crippen LogP contribution in [-0.4, -0.2) is 23.0 Å². The Kier molecular flexibility index (Phi) is 8.45. The Labute approximate surface area is 343 Å². The largest absolute Gasteiger partial charge is 0.495 e. The highest BCUT2D eigenvalue weighted by atomic mass is 28.3. The summed E-state index contributed by atoms with van der Waals surface area (Å²) in [4.78, 5) is 0. The third kappa shape index (κ3) is 5.09. The molecule has 1 heterocycles. The Balaban J connectivity index is 1.14. The van der Waals surface area contributed by atoms with E-state index in [-0.39, 0.29) is 11.8 Å². The maximum absolute atomic E-state index is 6.19. The highest BCUT2D eigenvalue weighted by molar-refractivity contribution is 6.76. The van der Waals surface area contributed by atoms with Crippen molar-refractivity contribution in [2.75, 3.05) is 14.2 Å². The standard InChI is InChI=1S/C55H48O2Si/c1-33-32-35-18-5-6-28-46(49-38-20-7-12-24-42(38)52(56-3)43-25-13-8-21-39(43)49)48(35)54(33)58-31-17-30-36-34(2)55(58)51-37(36)19-11-16-29-47(51)50-40-22-9-14-26-44(40)53(57-4)45-27-15-10-23-41(45)50/h5-16,18-29,36,46-47,58H,17,30-32H2,1-4H3. The number of rotatable bonds is 5. The summed E-state index contributed by atoms with van der Waals surface area (Å²) >= 11 is 0. The first-order chi connectivity index (χ1) is 28.6. The lowest BCUT2D eigenvalue weighted by molar-refractivity contribution is 0.424. The van der Waals surface area contributed by atoms with E-state index in [1.807, 2.05) is 14.2 Å². The van der Waals surface area contributed by atoms with Crippen molar-refractivity contribution in [3.8, 4) is 11.5 Å². The molecule has 3 heteroatoms. The molecule has 2 bridgehead atoms. The van der Waals surface area contributed by atoms with Gasteiger partial charge in [0, 0.05) is 39.3 Å². The van der Waals surface area contributed by atoms with Crippen LogP contribution in [0.25, 0.3) is 43.1 Å². The summed E-state index contributed by atoms with van der Waals surface area (Å²) in [6.07, 6.45) is 22.7. The summed E-state index contributed by atoms with van der Waals surface area (Å²) in [5.41, 5.74) is 12.2. The molecule has 6 aromatic rings. The second-order valence-electron chi connectivity index (χ2n) is 16.8. The van der Waals surface area contributed by atoms with Crippen LogP contribution in [0.4, 0.5) is 0 Å². The van der Waals surface area contributed by atoms with Crippen molar-refractivity contribution in [1.29, 1.82) is 0 Å². The van der Waals surface area contributed by atoms with Crippen molar-refractivity contribution >= 4 is 51.9 Å². The normalized spacial score (nSPS) is 22.7. The van der Waals surface area contributed by atoms with E-state index in [0.29, 0.717) is 5.92 Å². The van der Waals surface area contributed by atoms with Gasteiger partial charge in [-0.25, -0.2) is 0 Å². The molecule has 0 aromatic heterocycles. The molecule has 1 aliphatic heterocycles. The Morgan fingerprint density at radius 2 is 1.00 bits per heavy atom. The van der Waals surface area contributed by atoms with E-state index in [2.05, 4.69) is 160 Å². The molecule has 5 aliphatic rings. The minimum absolute atomic E-state index is 0.125.